The predicted octanol–water partition coefficient (Wildman–Crippen LogP) is 23.0. The van der Waals surface area contributed by atoms with E-state index in [2.05, 4.69) is 354 Å². The molecule has 13 aromatic carbocycles. The molecular weight excluding hydrogens is 1050 g/mol. The number of nitrogens with zero attached hydrogens (tertiary/aromatic N) is 2. The molecule has 0 N–H and O–H groups in total. The van der Waals surface area contributed by atoms with Crippen LogP contribution < -0.4 is 4.90 Å². The summed E-state index contributed by atoms with van der Waals surface area (Å²) in [5.74, 6) is 0. The van der Waals surface area contributed by atoms with Gasteiger partial charge in [-0.3, -0.25) is 0 Å². The average molecular weight is 1120 g/mol. The summed E-state index contributed by atoms with van der Waals surface area (Å²) in [5.41, 5.74) is 25.6. The lowest BCUT2D eigenvalue weighted by Gasteiger charge is -2.34. The molecule has 1 aromatic heterocycles. The van der Waals surface area contributed by atoms with Crippen molar-refractivity contribution in [2.75, 3.05) is 4.90 Å². The highest BCUT2D eigenvalue weighted by atomic mass is 15.2. The third kappa shape index (κ3) is 8.93. The molecule has 0 radical (unpaired) electrons. The fourth-order valence-corrected chi connectivity index (χ4v) is 14.2. The highest BCUT2D eigenvalue weighted by molar-refractivity contribution is 6.12. The van der Waals surface area contributed by atoms with Crippen LogP contribution in [-0.4, -0.2) is 4.57 Å². The first-order chi connectivity index (χ1) is 42.4. The van der Waals surface area contributed by atoms with E-state index in [-0.39, 0.29) is 10.8 Å². The molecule has 418 valence electrons. The molecular formula is C85H68N2. The molecule has 0 saturated heterocycles. The van der Waals surface area contributed by atoms with Gasteiger partial charge in [-0.2, -0.15) is 0 Å². The van der Waals surface area contributed by atoms with E-state index in [1.54, 1.807) is 0 Å². The maximum Gasteiger partial charge on any atom is 0.0713 e. The van der Waals surface area contributed by atoms with E-state index in [4.69, 9.17) is 0 Å². The van der Waals surface area contributed by atoms with Gasteiger partial charge in [0.1, 0.15) is 0 Å². The lowest BCUT2D eigenvalue weighted by molar-refractivity contribution is 0.569. The summed E-state index contributed by atoms with van der Waals surface area (Å²) in [4.78, 5) is 2.57. The number of hydrogen-bond donors (Lipinski definition) is 0. The zero-order chi connectivity index (χ0) is 59.0. The van der Waals surface area contributed by atoms with Crippen molar-refractivity contribution >= 4 is 49.6 Å². The molecule has 1 heterocycles. The molecule has 0 unspecified atom stereocenters. The van der Waals surface area contributed by atoms with Gasteiger partial charge in [0.2, 0.25) is 0 Å². The maximum absolute atomic E-state index is 2.57. The van der Waals surface area contributed by atoms with Crippen molar-refractivity contribution < 1.29 is 0 Å². The Morgan fingerprint density at radius 3 is 1.38 bits per heavy atom. The summed E-state index contributed by atoms with van der Waals surface area (Å²) < 4.78 is 2.43. The van der Waals surface area contributed by atoms with Gasteiger partial charge in [0.25, 0.3) is 0 Å². The van der Waals surface area contributed by atoms with Crippen LogP contribution in [0.3, 0.4) is 0 Å². The zero-order valence-corrected chi connectivity index (χ0v) is 50.3. The van der Waals surface area contributed by atoms with Crippen LogP contribution in [0.15, 0.2) is 303 Å². The minimum atomic E-state index is -0.564. The molecule has 0 saturated carbocycles. The Bertz CT molecular complexity index is 4860. The molecule has 2 nitrogen and oxygen atoms in total. The second-order valence-corrected chi connectivity index (χ2v) is 25.6. The summed E-state index contributed by atoms with van der Waals surface area (Å²) in [7, 11) is 0. The van der Waals surface area contributed by atoms with E-state index < -0.39 is 5.41 Å². The number of para-hydroxylation sites is 5. The van der Waals surface area contributed by atoms with Crippen LogP contribution in [0.2, 0.25) is 0 Å². The van der Waals surface area contributed by atoms with Crippen molar-refractivity contribution in [3.05, 3.63) is 337 Å². The highest BCUT2D eigenvalue weighted by Crippen LogP contribution is 2.58. The van der Waals surface area contributed by atoms with Gasteiger partial charge in [-0.25, -0.2) is 0 Å². The third-order valence-corrected chi connectivity index (χ3v) is 18.4. The van der Waals surface area contributed by atoms with Crippen molar-refractivity contribution in [3.63, 3.8) is 0 Å². The quantitative estimate of drug-likeness (QED) is 0.132. The Balaban J connectivity index is 1.000. The molecule has 14 aromatic rings. The number of fused-ring (bicyclic) bond motifs is 7. The molecule has 0 spiro atoms. The summed E-state index contributed by atoms with van der Waals surface area (Å²) >= 11 is 0. The first-order valence-electron chi connectivity index (χ1n) is 30.7. The van der Waals surface area contributed by atoms with Crippen LogP contribution in [0.1, 0.15) is 74.9 Å². The minimum Gasteiger partial charge on any atom is -0.309 e. The molecule has 15 rings (SSSR count). The Morgan fingerprint density at radius 1 is 0.299 bits per heavy atom. The molecule has 0 bridgehead atoms. The van der Waals surface area contributed by atoms with Gasteiger partial charge in [-0.15, -0.1) is 0 Å². The minimum absolute atomic E-state index is 0.0483. The molecule has 0 amide bonds. The van der Waals surface area contributed by atoms with Crippen LogP contribution in [-0.2, 0) is 16.2 Å². The number of aromatic nitrogens is 1. The van der Waals surface area contributed by atoms with Gasteiger partial charge in [-0.05, 0) is 142 Å². The number of rotatable bonds is 10. The van der Waals surface area contributed by atoms with E-state index in [9.17, 15) is 0 Å². The summed E-state index contributed by atoms with van der Waals surface area (Å²) in [6.45, 7) is 14.0. The molecule has 1 aliphatic carbocycles. The topological polar surface area (TPSA) is 8.17 Å². The van der Waals surface area contributed by atoms with E-state index >= 15 is 0 Å². The van der Waals surface area contributed by atoms with Gasteiger partial charge in [0.05, 0.1) is 33.5 Å². The Hall–Kier alpha value is -10.3. The lowest BCUT2D eigenvalue weighted by atomic mass is 9.67. The van der Waals surface area contributed by atoms with E-state index in [1.165, 1.54) is 88.3 Å². The molecule has 1 aliphatic rings. The second kappa shape index (κ2) is 21.0. The SMILES string of the molecule is CC(C)(C)c1cc(-c2cccc3cccc(-c4ccccc4N(c4ccccc4-c4ccc5c(c4)C(c4ccccc4)(c4ccccc4)c4ccccc4-5)c4ccccc4-c4ccc5c6ccccc6n(-c6ccccc6)c5c4)c23)cc(C(C)(C)C)c1. The predicted molar refractivity (Wildman–Crippen MR) is 369 cm³/mol. The van der Waals surface area contributed by atoms with Crippen LogP contribution >= 0.6 is 0 Å². The van der Waals surface area contributed by atoms with Gasteiger partial charge in [-0.1, -0.05) is 296 Å². The third-order valence-electron chi connectivity index (χ3n) is 18.4. The number of hydrogen-bond acceptors (Lipinski definition) is 1. The zero-order valence-electron chi connectivity index (χ0n) is 50.3. The van der Waals surface area contributed by atoms with Crippen molar-refractivity contribution in [3.8, 4) is 61.3 Å². The fraction of sp³-hybridized carbons (Fsp3) is 0.106. The molecule has 0 aliphatic heterocycles. The van der Waals surface area contributed by atoms with Crippen molar-refractivity contribution in [1.82, 2.24) is 4.57 Å². The summed E-state index contributed by atoms with van der Waals surface area (Å²) in [6.07, 6.45) is 0. The molecule has 2 heteroatoms. The molecule has 0 atom stereocenters. The van der Waals surface area contributed by atoms with Gasteiger partial charge in [0.15, 0.2) is 0 Å². The maximum atomic E-state index is 2.57. The Labute approximate surface area is 512 Å². The van der Waals surface area contributed by atoms with Gasteiger partial charge in [0, 0.05) is 33.2 Å². The monoisotopic (exact) mass is 1120 g/mol. The van der Waals surface area contributed by atoms with Crippen molar-refractivity contribution in [2.45, 2.75) is 57.8 Å². The first kappa shape index (κ1) is 53.4. The fourth-order valence-electron chi connectivity index (χ4n) is 14.2. The van der Waals surface area contributed by atoms with Crippen molar-refractivity contribution in [1.29, 1.82) is 0 Å². The van der Waals surface area contributed by atoms with E-state index in [0.717, 1.165) is 56.1 Å². The normalized spacial score (nSPS) is 12.8. The molecule has 87 heavy (non-hydrogen) atoms. The van der Waals surface area contributed by atoms with Crippen LogP contribution in [0.25, 0.3) is 93.9 Å². The standard InChI is InChI=1S/C85H68N2/c1-83(2,3)63-52-60(53-64(56-63)84(4,5)6)68-41-26-28-57-29-27-42-74(82(57)68)72-40-20-25-47-80(72)87(78-45-23-18-37-67(78)59-49-51-73-71-39-19-24-46-79(71)86(81(73)55-59)65-34-14-9-15-35-65)77-44-22-17-36-66(77)58-48-50-70-69-38-16-21-43-75(69)85(76(70)54-58,61-30-10-7-11-31-61)62-32-12-8-13-33-62/h7-56H,1-6H3. The average Bonchev–Trinajstić information content (AvgIpc) is 1.71. The number of anilines is 3. The van der Waals surface area contributed by atoms with Crippen LogP contribution in [0.5, 0.6) is 0 Å². The second-order valence-electron chi connectivity index (χ2n) is 25.6. The van der Waals surface area contributed by atoms with Crippen LogP contribution in [0, 0.1) is 0 Å². The summed E-state index contributed by atoms with van der Waals surface area (Å²) in [6, 6.07) is 114. The van der Waals surface area contributed by atoms with Gasteiger partial charge < -0.3 is 9.47 Å². The Morgan fingerprint density at radius 2 is 0.759 bits per heavy atom. The highest BCUT2D eigenvalue weighted by Gasteiger charge is 2.46. The largest absolute Gasteiger partial charge is 0.309 e. The van der Waals surface area contributed by atoms with Crippen LogP contribution in [0.4, 0.5) is 17.1 Å². The van der Waals surface area contributed by atoms with E-state index in [1.807, 2.05) is 0 Å². The summed E-state index contributed by atoms with van der Waals surface area (Å²) in [5, 5.41) is 4.89. The van der Waals surface area contributed by atoms with Gasteiger partial charge >= 0.3 is 0 Å². The first-order valence-corrected chi connectivity index (χ1v) is 30.7. The molecule has 0 fully saturated rings. The Kier molecular flexibility index (Phi) is 12.9. The van der Waals surface area contributed by atoms with E-state index in [0.29, 0.717) is 0 Å². The number of benzene rings is 13. The van der Waals surface area contributed by atoms with Crippen molar-refractivity contribution in [2.24, 2.45) is 0 Å². The smallest absolute Gasteiger partial charge is 0.0713 e. The lowest BCUT2D eigenvalue weighted by Crippen LogP contribution is -2.28.